The number of allylic oxidation sites excluding steroid dienone is 3. The molecule has 13 heavy (non-hydrogen) atoms. The lowest BCUT2D eigenvalue weighted by Gasteiger charge is -2.17. The van der Waals surface area contributed by atoms with E-state index in [9.17, 15) is 0 Å². The normalized spacial score (nSPS) is 14.8. The van der Waals surface area contributed by atoms with E-state index < -0.39 is 0 Å². The Balaban J connectivity index is 4.01. The largest absolute Gasteiger partial charge is 0.0993 e. The molecule has 76 valence electrons. The molecule has 0 aromatic carbocycles. The van der Waals surface area contributed by atoms with Gasteiger partial charge < -0.3 is 0 Å². The van der Waals surface area contributed by atoms with Crippen molar-refractivity contribution in [1.82, 2.24) is 0 Å². The summed E-state index contributed by atoms with van der Waals surface area (Å²) in [5.41, 5.74) is 2.83. The molecule has 0 radical (unpaired) electrons. The minimum Gasteiger partial charge on any atom is -0.0993 e. The SMILES string of the molecule is C=C(CC=C(C)CC)C(C)C(C)C. The van der Waals surface area contributed by atoms with Crippen LogP contribution in [0.25, 0.3) is 0 Å². The van der Waals surface area contributed by atoms with Gasteiger partial charge in [0.1, 0.15) is 0 Å². The summed E-state index contributed by atoms with van der Waals surface area (Å²) >= 11 is 0. The van der Waals surface area contributed by atoms with Gasteiger partial charge >= 0.3 is 0 Å². The summed E-state index contributed by atoms with van der Waals surface area (Å²) in [5.74, 6) is 1.35. The predicted molar refractivity (Wildman–Crippen MR) is 61.8 cm³/mol. The van der Waals surface area contributed by atoms with Gasteiger partial charge in [0.25, 0.3) is 0 Å². The maximum Gasteiger partial charge on any atom is -0.0136 e. The molecule has 0 aliphatic heterocycles. The van der Waals surface area contributed by atoms with Crippen LogP contribution in [-0.2, 0) is 0 Å². The van der Waals surface area contributed by atoms with E-state index in [2.05, 4.69) is 47.3 Å². The maximum absolute atomic E-state index is 4.14. The van der Waals surface area contributed by atoms with E-state index in [0.29, 0.717) is 11.8 Å². The Labute approximate surface area is 83.7 Å². The Bertz CT molecular complexity index is 184. The molecule has 0 nitrogen and oxygen atoms in total. The van der Waals surface area contributed by atoms with Crippen LogP contribution in [0.4, 0.5) is 0 Å². The molecule has 0 saturated heterocycles. The van der Waals surface area contributed by atoms with Crippen molar-refractivity contribution < 1.29 is 0 Å². The second-order valence-electron chi connectivity index (χ2n) is 4.30. The minimum atomic E-state index is 0.640. The zero-order chi connectivity index (χ0) is 10.4. The first-order chi connectivity index (χ1) is 5.99. The second-order valence-corrected chi connectivity index (χ2v) is 4.30. The first-order valence-electron chi connectivity index (χ1n) is 5.32. The summed E-state index contributed by atoms with van der Waals surface area (Å²) in [6, 6.07) is 0. The van der Waals surface area contributed by atoms with Crippen molar-refractivity contribution in [3.05, 3.63) is 23.8 Å². The summed E-state index contributed by atoms with van der Waals surface area (Å²) in [4.78, 5) is 0. The lowest BCUT2D eigenvalue weighted by molar-refractivity contribution is 0.475. The topological polar surface area (TPSA) is 0 Å². The van der Waals surface area contributed by atoms with Crippen molar-refractivity contribution in [2.45, 2.75) is 47.5 Å². The average molecular weight is 180 g/mol. The van der Waals surface area contributed by atoms with Gasteiger partial charge in [-0.25, -0.2) is 0 Å². The molecule has 0 heteroatoms. The lowest BCUT2D eigenvalue weighted by Crippen LogP contribution is -2.05. The molecule has 0 amide bonds. The van der Waals surface area contributed by atoms with E-state index in [4.69, 9.17) is 0 Å². The van der Waals surface area contributed by atoms with Crippen LogP contribution in [0.2, 0.25) is 0 Å². The third kappa shape index (κ3) is 4.92. The van der Waals surface area contributed by atoms with Crippen LogP contribution in [0.5, 0.6) is 0 Å². The number of hydrogen-bond donors (Lipinski definition) is 0. The molecule has 0 heterocycles. The third-order valence-corrected chi connectivity index (χ3v) is 2.91. The Kier molecular flexibility index (Phi) is 5.77. The molecule has 0 rings (SSSR count). The van der Waals surface area contributed by atoms with Crippen LogP contribution in [0.3, 0.4) is 0 Å². The summed E-state index contributed by atoms with van der Waals surface area (Å²) in [7, 11) is 0. The van der Waals surface area contributed by atoms with Crippen LogP contribution >= 0.6 is 0 Å². The first kappa shape index (κ1) is 12.5. The Morgan fingerprint density at radius 3 is 2.23 bits per heavy atom. The van der Waals surface area contributed by atoms with E-state index in [-0.39, 0.29) is 0 Å². The predicted octanol–water partition coefficient (Wildman–Crippen LogP) is 4.58. The molecule has 0 aliphatic rings. The molecule has 1 unspecified atom stereocenters. The molecule has 0 aliphatic carbocycles. The van der Waals surface area contributed by atoms with E-state index in [1.165, 1.54) is 11.1 Å². The van der Waals surface area contributed by atoms with Gasteiger partial charge in [0, 0.05) is 0 Å². The monoisotopic (exact) mass is 180 g/mol. The average Bonchev–Trinajstić information content (AvgIpc) is 2.11. The van der Waals surface area contributed by atoms with Crippen molar-refractivity contribution in [3.8, 4) is 0 Å². The molecular weight excluding hydrogens is 156 g/mol. The summed E-state index contributed by atoms with van der Waals surface area (Å²) in [6.07, 6.45) is 4.52. The highest BCUT2D eigenvalue weighted by atomic mass is 14.1. The van der Waals surface area contributed by atoms with E-state index in [1.807, 2.05) is 0 Å². The third-order valence-electron chi connectivity index (χ3n) is 2.91. The highest BCUT2D eigenvalue weighted by molar-refractivity contribution is 5.09. The van der Waals surface area contributed by atoms with Gasteiger partial charge in [0.2, 0.25) is 0 Å². The molecule has 0 saturated carbocycles. The fourth-order valence-corrected chi connectivity index (χ4v) is 1.11. The lowest BCUT2D eigenvalue weighted by atomic mass is 9.89. The van der Waals surface area contributed by atoms with Gasteiger partial charge in [-0.05, 0) is 31.6 Å². The highest BCUT2D eigenvalue weighted by Gasteiger charge is 2.09. The van der Waals surface area contributed by atoms with Crippen molar-refractivity contribution in [1.29, 1.82) is 0 Å². The maximum atomic E-state index is 4.14. The van der Waals surface area contributed by atoms with Gasteiger partial charge in [-0.1, -0.05) is 51.5 Å². The van der Waals surface area contributed by atoms with Crippen molar-refractivity contribution >= 4 is 0 Å². The smallest absolute Gasteiger partial charge is 0.0136 e. The van der Waals surface area contributed by atoms with E-state index in [0.717, 1.165) is 12.8 Å². The van der Waals surface area contributed by atoms with Gasteiger partial charge in [-0.2, -0.15) is 0 Å². The Hall–Kier alpha value is -0.520. The second kappa shape index (κ2) is 6.01. The first-order valence-corrected chi connectivity index (χ1v) is 5.32. The molecule has 0 bridgehead atoms. The summed E-state index contributed by atoms with van der Waals surface area (Å²) < 4.78 is 0. The van der Waals surface area contributed by atoms with Crippen LogP contribution in [0.15, 0.2) is 23.8 Å². The number of rotatable bonds is 5. The molecule has 1 atom stereocenters. The zero-order valence-electron chi connectivity index (χ0n) is 9.85. The molecule has 0 aromatic heterocycles. The zero-order valence-corrected chi connectivity index (χ0v) is 9.85. The molecule has 0 spiro atoms. The van der Waals surface area contributed by atoms with Crippen LogP contribution in [0, 0.1) is 11.8 Å². The standard InChI is InChI=1S/C13H24/c1-7-11(4)8-9-12(5)13(6)10(2)3/h8,10,13H,5,7,9H2,1-4,6H3. The van der Waals surface area contributed by atoms with Crippen LogP contribution in [0.1, 0.15) is 47.5 Å². The summed E-state index contributed by atoms with van der Waals surface area (Å²) in [5, 5.41) is 0. The van der Waals surface area contributed by atoms with Gasteiger partial charge in [-0.3, -0.25) is 0 Å². The Morgan fingerprint density at radius 2 is 1.85 bits per heavy atom. The quantitative estimate of drug-likeness (QED) is 0.543. The minimum absolute atomic E-state index is 0.640. The molecule has 0 fully saturated rings. The van der Waals surface area contributed by atoms with Crippen LogP contribution < -0.4 is 0 Å². The number of hydrogen-bond acceptors (Lipinski definition) is 0. The molecular formula is C13H24. The Morgan fingerprint density at radius 1 is 1.31 bits per heavy atom. The highest BCUT2D eigenvalue weighted by Crippen LogP contribution is 2.21. The van der Waals surface area contributed by atoms with Crippen molar-refractivity contribution in [2.75, 3.05) is 0 Å². The fraction of sp³-hybridized carbons (Fsp3) is 0.692. The molecule has 0 N–H and O–H groups in total. The van der Waals surface area contributed by atoms with Crippen molar-refractivity contribution in [3.63, 3.8) is 0 Å². The van der Waals surface area contributed by atoms with E-state index in [1.54, 1.807) is 0 Å². The fourth-order valence-electron chi connectivity index (χ4n) is 1.11. The van der Waals surface area contributed by atoms with Crippen molar-refractivity contribution in [2.24, 2.45) is 11.8 Å². The molecule has 0 aromatic rings. The van der Waals surface area contributed by atoms with Crippen LogP contribution in [-0.4, -0.2) is 0 Å². The summed E-state index contributed by atoms with van der Waals surface area (Å²) in [6.45, 7) is 15.3. The van der Waals surface area contributed by atoms with E-state index >= 15 is 0 Å². The van der Waals surface area contributed by atoms with Gasteiger partial charge in [-0.15, -0.1) is 0 Å². The van der Waals surface area contributed by atoms with Gasteiger partial charge in [0.05, 0.1) is 0 Å². The van der Waals surface area contributed by atoms with Gasteiger partial charge in [0.15, 0.2) is 0 Å².